The van der Waals surface area contributed by atoms with Gasteiger partial charge in [0.25, 0.3) is 0 Å². The van der Waals surface area contributed by atoms with Gasteiger partial charge in [-0.1, -0.05) is 30.3 Å². The third-order valence-corrected chi connectivity index (χ3v) is 2.65. The molecule has 0 saturated carbocycles. The third-order valence-electron chi connectivity index (χ3n) is 1.90. The van der Waals surface area contributed by atoms with Crippen LogP contribution < -0.4 is 3.53 Å². The number of hydrogen-bond donors (Lipinski definition) is 1. The summed E-state index contributed by atoms with van der Waals surface area (Å²) in [5, 5.41) is 0. The molecule has 1 N–H and O–H groups in total. The average molecular weight is 305 g/mol. The predicted octanol–water partition coefficient (Wildman–Crippen LogP) is 1.71. The van der Waals surface area contributed by atoms with Gasteiger partial charge in [-0.15, -0.1) is 0 Å². The minimum atomic E-state index is -0.275. The Hall–Kier alpha value is -0.620. The molecule has 14 heavy (non-hydrogen) atoms. The summed E-state index contributed by atoms with van der Waals surface area (Å²) in [5.41, 5.74) is 1.12. The second kappa shape index (κ2) is 5.98. The lowest BCUT2D eigenvalue weighted by atomic mass is 10.1. The number of rotatable bonds is 4. The normalized spacial score (nSPS) is 12.1. The van der Waals surface area contributed by atoms with Crippen LogP contribution in [0, 0.1) is 0 Å². The van der Waals surface area contributed by atoms with E-state index in [0.29, 0.717) is 6.42 Å². The van der Waals surface area contributed by atoms with Crippen molar-refractivity contribution in [1.29, 1.82) is 0 Å². The molecule has 0 aliphatic heterocycles. The van der Waals surface area contributed by atoms with Crippen LogP contribution in [-0.4, -0.2) is 19.1 Å². The number of carbonyl (C=O) groups excluding carboxylic acids is 1. The Balaban J connectivity index is 2.62. The minimum Gasteiger partial charge on any atom is -0.468 e. The second-order valence-electron chi connectivity index (χ2n) is 2.87. The minimum absolute atomic E-state index is 0.233. The Bertz CT molecular complexity index is 289. The van der Waals surface area contributed by atoms with Crippen molar-refractivity contribution in [2.45, 2.75) is 12.5 Å². The molecule has 1 aromatic rings. The van der Waals surface area contributed by atoms with Gasteiger partial charge in [0.15, 0.2) is 0 Å². The first-order valence-corrected chi connectivity index (χ1v) is 5.33. The Labute approximate surface area is 97.3 Å². The highest BCUT2D eigenvalue weighted by Gasteiger charge is 2.17. The molecular formula is C10H12INO2. The smallest absolute Gasteiger partial charge is 0.323 e. The van der Waals surface area contributed by atoms with Crippen molar-refractivity contribution < 1.29 is 9.53 Å². The summed E-state index contributed by atoms with van der Waals surface area (Å²) in [6.07, 6.45) is 0.649. The Morgan fingerprint density at radius 2 is 2.14 bits per heavy atom. The van der Waals surface area contributed by atoms with E-state index in [0.717, 1.165) is 5.56 Å². The van der Waals surface area contributed by atoms with Gasteiger partial charge in [0.05, 0.1) is 7.11 Å². The predicted molar refractivity (Wildman–Crippen MR) is 63.1 cm³/mol. The summed E-state index contributed by atoms with van der Waals surface area (Å²) >= 11 is 1.96. The fraction of sp³-hybridized carbons (Fsp3) is 0.300. The van der Waals surface area contributed by atoms with Crippen molar-refractivity contribution in [3.63, 3.8) is 0 Å². The van der Waals surface area contributed by atoms with Crippen LogP contribution in [0.2, 0.25) is 0 Å². The quantitative estimate of drug-likeness (QED) is 0.523. The van der Waals surface area contributed by atoms with Crippen LogP contribution in [0.5, 0.6) is 0 Å². The highest BCUT2D eigenvalue weighted by atomic mass is 127. The van der Waals surface area contributed by atoms with Gasteiger partial charge in [0.2, 0.25) is 0 Å². The molecule has 0 radical (unpaired) electrons. The van der Waals surface area contributed by atoms with Crippen LogP contribution in [0.15, 0.2) is 30.3 Å². The van der Waals surface area contributed by atoms with E-state index in [9.17, 15) is 4.79 Å². The molecule has 0 saturated heterocycles. The van der Waals surface area contributed by atoms with Gasteiger partial charge in [0, 0.05) is 22.9 Å². The maximum atomic E-state index is 11.3. The Morgan fingerprint density at radius 1 is 1.50 bits per heavy atom. The zero-order valence-electron chi connectivity index (χ0n) is 7.87. The van der Waals surface area contributed by atoms with Gasteiger partial charge in [-0.3, -0.25) is 4.79 Å². The number of benzene rings is 1. The van der Waals surface area contributed by atoms with Crippen molar-refractivity contribution >= 4 is 28.8 Å². The van der Waals surface area contributed by atoms with E-state index in [1.807, 2.05) is 53.2 Å². The number of ether oxygens (including phenoxy) is 1. The molecule has 0 spiro atoms. The van der Waals surface area contributed by atoms with Gasteiger partial charge in [0.1, 0.15) is 6.04 Å². The van der Waals surface area contributed by atoms with E-state index in [1.54, 1.807) is 0 Å². The fourth-order valence-electron chi connectivity index (χ4n) is 1.16. The lowest BCUT2D eigenvalue weighted by Crippen LogP contribution is -2.33. The molecule has 76 valence electrons. The van der Waals surface area contributed by atoms with Crippen LogP contribution in [0.3, 0.4) is 0 Å². The highest BCUT2D eigenvalue weighted by molar-refractivity contribution is 14.1. The van der Waals surface area contributed by atoms with Crippen LogP contribution >= 0.6 is 22.9 Å². The van der Waals surface area contributed by atoms with E-state index in [-0.39, 0.29) is 12.0 Å². The number of nitrogens with one attached hydrogen (secondary N) is 1. The molecule has 0 heterocycles. The van der Waals surface area contributed by atoms with Gasteiger partial charge < -0.3 is 4.74 Å². The summed E-state index contributed by atoms with van der Waals surface area (Å²) in [7, 11) is 1.40. The number of methoxy groups -OCH3 is 1. The van der Waals surface area contributed by atoms with Crippen molar-refractivity contribution in [2.75, 3.05) is 7.11 Å². The molecule has 1 aromatic carbocycles. The Kier molecular flexibility index (Phi) is 4.89. The van der Waals surface area contributed by atoms with E-state index in [4.69, 9.17) is 0 Å². The van der Waals surface area contributed by atoms with Crippen LogP contribution in [0.25, 0.3) is 0 Å². The van der Waals surface area contributed by atoms with Gasteiger partial charge in [-0.2, -0.15) is 0 Å². The molecule has 0 fully saturated rings. The molecule has 0 aliphatic rings. The topological polar surface area (TPSA) is 38.3 Å². The first kappa shape index (κ1) is 11.5. The summed E-state index contributed by atoms with van der Waals surface area (Å²) in [4.78, 5) is 11.3. The highest BCUT2D eigenvalue weighted by Crippen LogP contribution is 2.05. The number of hydrogen-bond acceptors (Lipinski definition) is 3. The van der Waals surface area contributed by atoms with Crippen LogP contribution in [0.4, 0.5) is 0 Å². The third kappa shape index (κ3) is 3.26. The van der Waals surface area contributed by atoms with E-state index < -0.39 is 0 Å². The van der Waals surface area contributed by atoms with Gasteiger partial charge >= 0.3 is 5.97 Å². The molecule has 0 aromatic heterocycles. The number of carbonyl (C=O) groups is 1. The number of halogens is 1. The summed E-state index contributed by atoms with van der Waals surface area (Å²) < 4.78 is 7.57. The lowest BCUT2D eigenvalue weighted by Gasteiger charge is -2.11. The molecule has 0 bridgehead atoms. The second-order valence-corrected chi connectivity index (χ2v) is 3.50. The van der Waals surface area contributed by atoms with E-state index in [1.165, 1.54) is 7.11 Å². The maximum Gasteiger partial charge on any atom is 0.323 e. The monoisotopic (exact) mass is 305 g/mol. The fourth-order valence-corrected chi connectivity index (χ4v) is 1.63. The molecule has 3 nitrogen and oxygen atoms in total. The maximum absolute atomic E-state index is 11.3. The standard InChI is InChI=1S/C10H12INO2/c1-14-10(13)9(12-11)7-8-5-3-2-4-6-8/h2-6,9,12H,7H2,1H3. The summed E-state index contributed by atoms with van der Waals surface area (Å²) in [6, 6.07) is 9.57. The number of esters is 1. The molecule has 1 atom stereocenters. The SMILES string of the molecule is COC(=O)C(Cc1ccccc1)NI. The molecule has 4 heteroatoms. The zero-order chi connectivity index (χ0) is 10.4. The first-order chi connectivity index (χ1) is 6.77. The Morgan fingerprint density at radius 3 is 2.64 bits per heavy atom. The van der Waals surface area contributed by atoms with Gasteiger partial charge in [-0.25, -0.2) is 3.53 Å². The largest absolute Gasteiger partial charge is 0.468 e. The van der Waals surface area contributed by atoms with Gasteiger partial charge in [-0.05, 0) is 12.0 Å². The molecule has 0 amide bonds. The molecule has 1 unspecified atom stereocenters. The summed E-state index contributed by atoms with van der Waals surface area (Å²) in [5.74, 6) is -0.233. The van der Waals surface area contributed by atoms with Crippen LogP contribution in [-0.2, 0) is 16.0 Å². The average Bonchev–Trinajstić information content (AvgIpc) is 2.26. The van der Waals surface area contributed by atoms with Crippen molar-refractivity contribution in [3.8, 4) is 0 Å². The van der Waals surface area contributed by atoms with E-state index in [2.05, 4.69) is 8.27 Å². The lowest BCUT2D eigenvalue weighted by molar-refractivity contribution is -0.142. The summed E-state index contributed by atoms with van der Waals surface area (Å²) in [6.45, 7) is 0. The first-order valence-electron chi connectivity index (χ1n) is 4.26. The van der Waals surface area contributed by atoms with Crippen molar-refractivity contribution in [3.05, 3.63) is 35.9 Å². The van der Waals surface area contributed by atoms with Crippen molar-refractivity contribution in [2.24, 2.45) is 0 Å². The molecule has 0 aliphatic carbocycles. The molecular weight excluding hydrogens is 293 g/mol. The molecule has 1 rings (SSSR count). The van der Waals surface area contributed by atoms with Crippen LogP contribution in [0.1, 0.15) is 5.56 Å². The van der Waals surface area contributed by atoms with E-state index >= 15 is 0 Å². The van der Waals surface area contributed by atoms with Crippen molar-refractivity contribution in [1.82, 2.24) is 3.53 Å². The zero-order valence-corrected chi connectivity index (χ0v) is 10.0.